The van der Waals surface area contributed by atoms with E-state index in [2.05, 4.69) is 10.4 Å². The van der Waals surface area contributed by atoms with Crippen molar-refractivity contribution in [2.45, 2.75) is 57.5 Å². The van der Waals surface area contributed by atoms with Crippen LogP contribution in [0.2, 0.25) is 0 Å². The van der Waals surface area contributed by atoms with Gasteiger partial charge in [0.1, 0.15) is 17.1 Å². The molecule has 1 atom stereocenters. The van der Waals surface area contributed by atoms with Gasteiger partial charge in [0, 0.05) is 29.8 Å². The van der Waals surface area contributed by atoms with Gasteiger partial charge in [0.25, 0.3) is 11.8 Å². The number of ether oxygens (including phenoxy) is 1. The number of rotatable bonds is 9. The Hall–Kier alpha value is -3.21. The van der Waals surface area contributed by atoms with Crippen LogP contribution in [0.4, 0.5) is 4.39 Å². The van der Waals surface area contributed by atoms with Crippen molar-refractivity contribution in [2.75, 3.05) is 12.9 Å². The van der Waals surface area contributed by atoms with Crippen LogP contribution in [-0.2, 0) is 25.2 Å². The highest BCUT2D eigenvalue weighted by Crippen LogP contribution is 2.41. The van der Waals surface area contributed by atoms with E-state index in [0.29, 0.717) is 18.1 Å². The quantitative estimate of drug-likeness (QED) is 0.400. The molecule has 1 saturated carbocycles. The Balaban J connectivity index is 1.73. The maximum Gasteiger partial charge on any atom is 0.270 e. The number of benzene rings is 1. The minimum Gasteiger partial charge on any atom is -0.493 e. The first-order valence-electron chi connectivity index (χ1n) is 11.6. The van der Waals surface area contributed by atoms with Crippen molar-refractivity contribution in [1.29, 1.82) is 0 Å². The third kappa shape index (κ3) is 5.55. The Bertz CT molecular complexity index is 1300. The summed E-state index contributed by atoms with van der Waals surface area (Å²) in [4.78, 5) is 26.0. The molecule has 0 bridgehead atoms. The second-order valence-corrected chi connectivity index (χ2v) is 11.0. The number of unbranched alkanes of at least 4 members (excludes halogenated alkanes) is 1. The monoisotopic (exact) mass is 504 g/mol. The topological polar surface area (TPSA) is 119 Å². The molecule has 1 aliphatic heterocycles. The third-order valence-corrected chi connectivity index (χ3v) is 6.65. The molecule has 188 valence electrons. The summed E-state index contributed by atoms with van der Waals surface area (Å²) in [5.41, 5.74) is -0.725. The molecule has 0 unspecified atom stereocenters. The van der Waals surface area contributed by atoms with Crippen molar-refractivity contribution in [3.8, 4) is 5.75 Å². The highest BCUT2D eigenvalue weighted by atomic mass is 32.2. The minimum absolute atomic E-state index is 0.0277. The van der Waals surface area contributed by atoms with E-state index < -0.39 is 33.2 Å². The lowest BCUT2D eigenvalue weighted by molar-refractivity contribution is -0.124. The van der Waals surface area contributed by atoms with Crippen molar-refractivity contribution in [3.05, 3.63) is 53.1 Å². The Labute approximate surface area is 203 Å². The van der Waals surface area contributed by atoms with Crippen molar-refractivity contribution in [1.82, 2.24) is 19.8 Å². The van der Waals surface area contributed by atoms with Gasteiger partial charge in [0.05, 0.1) is 30.1 Å². The molecule has 9 nitrogen and oxygen atoms in total. The Kier molecular flexibility index (Phi) is 6.72. The van der Waals surface area contributed by atoms with E-state index in [1.54, 1.807) is 36.0 Å². The van der Waals surface area contributed by atoms with Crippen LogP contribution >= 0.6 is 0 Å². The van der Waals surface area contributed by atoms with Gasteiger partial charge in [-0.25, -0.2) is 17.5 Å². The van der Waals surface area contributed by atoms with E-state index in [9.17, 15) is 18.0 Å². The molecule has 2 amide bonds. The maximum absolute atomic E-state index is 15.2. The van der Waals surface area contributed by atoms with E-state index in [0.717, 1.165) is 31.9 Å². The van der Waals surface area contributed by atoms with Gasteiger partial charge in [0.2, 0.25) is 10.0 Å². The number of carbonyl (C=O) groups is 2. The van der Waals surface area contributed by atoms with Gasteiger partial charge >= 0.3 is 0 Å². The molecule has 35 heavy (non-hydrogen) atoms. The summed E-state index contributed by atoms with van der Waals surface area (Å²) in [7, 11) is -3.92. The predicted molar refractivity (Wildman–Crippen MR) is 127 cm³/mol. The molecule has 0 saturated heterocycles. The van der Waals surface area contributed by atoms with Crippen LogP contribution in [0.25, 0.3) is 5.57 Å². The number of nitrogens with zero attached hydrogens (tertiary/aromatic N) is 2. The fourth-order valence-corrected chi connectivity index (χ4v) is 4.62. The molecule has 2 N–H and O–H groups in total. The highest BCUT2D eigenvalue weighted by Gasteiger charge is 2.42. The largest absolute Gasteiger partial charge is 0.493 e. The first kappa shape index (κ1) is 24.9. The highest BCUT2D eigenvalue weighted by molar-refractivity contribution is 7.89. The molecule has 0 radical (unpaired) electrons. The molecular formula is C24H29FN4O5S. The number of nitrogens with one attached hydrogen (secondary N) is 2. The lowest BCUT2D eigenvalue weighted by atomic mass is 9.79. The summed E-state index contributed by atoms with van der Waals surface area (Å²) in [5, 5.41) is 7.24. The number of halogens is 1. The van der Waals surface area contributed by atoms with Crippen molar-refractivity contribution >= 4 is 27.4 Å². The summed E-state index contributed by atoms with van der Waals surface area (Å²) in [6, 6.07) is 6.42. The smallest absolute Gasteiger partial charge is 0.270 e. The molecule has 4 rings (SSSR count). The first-order valence-corrected chi connectivity index (χ1v) is 13.5. The molecule has 1 aromatic heterocycles. The number of aromatic nitrogens is 2. The third-order valence-electron chi connectivity index (χ3n) is 6.09. The SMILES string of the molecule is CCCCOc1ccc([C@]2(C)CC(c3ccn(C4CC4)n3)=C(C(=O)NS(C)(=O)=O)C(=O)N2)c(F)c1. The van der Waals surface area contributed by atoms with Gasteiger partial charge in [-0.15, -0.1) is 0 Å². The normalized spacial score (nSPS) is 20.5. The van der Waals surface area contributed by atoms with Crippen LogP contribution in [0.5, 0.6) is 5.75 Å². The molecule has 1 aromatic carbocycles. The molecule has 1 aliphatic carbocycles. The molecular weight excluding hydrogens is 475 g/mol. The van der Waals surface area contributed by atoms with E-state index in [-0.39, 0.29) is 29.2 Å². The van der Waals surface area contributed by atoms with Crippen LogP contribution in [0.1, 0.15) is 63.3 Å². The van der Waals surface area contributed by atoms with E-state index >= 15 is 4.39 Å². The summed E-state index contributed by atoms with van der Waals surface area (Å²) >= 11 is 0. The number of hydrogen-bond acceptors (Lipinski definition) is 6. The van der Waals surface area contributed by atoms with Crippen molar-refractivity contribution < 1.29 is 27.1 Å². The Morgan fingerprint density at radius 1 is 1.34 bits per heavy atom. The lowest BCUT2D eigenvalue weighted by Gasteiger charge is -2.37. The van der Waals surface area contributed by atoms with E-state index in [1.165, 1.54) is 6.07 Å². The fraction of sp³-hybridized carbons (Fsp3) is 0.458. The number of carbonyl (C=O) groups excluding carboxylic acids is 2. The average Bonchev–Trinajstić information content (AvgIpc) is 3.48. The van der Waals surface area contributed by atoms with Crippen LogP contribution < -0.4 is 14.8 Å². The summed E-state index contributed by atoms with van der Waals surface area (Å²) in [6.45, 7) is 4.16. The van der Waals surface area contributed by atoms with E-state index in [4.69, 9.17) is 4.74 Å². The van der Waals surface area contributed by atoms with Crippen LogP contribution in [-0.4, -0.2) is 42.9 Å². The Morgan fingerprint density at radius 2 is 2.09 bits per heavy atom. The second kappa shape index (κ2) is 9.44. The average molecular weight is 505 g/mol. The van der Waals surface area contributed by atoms with E-state index in [1.807, 2.05) is 11.6 Å². The second-order valence-electron chi connectivity index (χ2n) is 9.28. The summed E-state index contributed by atoms with van der Waals surface area (Å²) in [5.74, 6) is -2.03. The van der Waals surface area contributed by atoms with Gasteiger partial charge in [-0.2, -0.15) is 5.10 Å². The molecule has 2 heterocycles. The van der Waals surface area contributed by atoms with Crippen LogP contribution in [0, 0.1) is 5.82 Å². The van der Waals surface area contributed by atoms with Crippen molar-refractivity contribution in [2.24, 2.45) is 0 Å². The molecule has 2 aromatic rings. The number of sulfonamides is 1. The molecule has 11 heteroatoms. The van der Waals surface area contributed by atoms with Crippen LogP contribution in [0.15, 0.2) is 36.0 Å². The number of amides is 2. The number of hydrogen-bond donors (Lipinski definition) is 2. The summed E-state index contributed by atoms with van der Waals surface area (Å²) in [6.07, 6.45) is 6.38. The van der Waals surface area contributed by atoms with Gasteiger partial charge < -0.3 is 10.1 Å². The van der Waals surface area contributed by atoms with Gasteiger partial charge in [-0.1, -0.05) is 19.4 Å². The molecule has 2 aliphatic rings. The van der Waals surface area contributed by atoms with Gasteiger partial charge in [-0.05, 0) is 38.3 Å². The standard InChI is InChI=1S/C24H29FN4O5S/c1-4-5-12-34-16-8-9-18(19(25)13-16)24(2)14-17(20-10-11-29(27-20)15-6-7-15)21(22(30)26-24)23(31)28-35(3,32)33/h8-11,13,15H,4-7,12,14H2,1-3H3,(H,26,30)(H,28,31)/t24-/m0/s1. The first-order chi connectivity index (χ1) is 16.5. The Morgan fingerprint density at radius 3 is 2.71 bits per heavy atom. The van der Waals surface area contributed by atoms with Crippen LogP contribution in [0.3, 0.4) is 0 Å². The molecule has 1 fully saturated rings. The zero-order valence-corrected chi connectivity index (χ0v) is 20.7. The lowest BCUT2D eigenvalue weighted by Crippen LogP contribution is -2.51. The zero-order chi connectivity index (χ0) is 25.4. The summed E-state index contributed by atoms with van der Waals surface area (Å²) < 4.78 is 47.8. The minimum atomic E-state index is -3.92. The predicted octanol–water partition coefficient (Wildman–Crippen LogP) is 2.80. The van der Waals surface area contributed by atoms with Crippen molar-refractivity contribution in [3.63, 3.8) is 0 Å². The molecule has 0 spiro atoms. The maximum atomic E-state index is 15.2. The fourth-order valence-electron chi connectivity index (χ4n) is 4.19. The zero-order valence-electron chi connectivity index (χ0n) is 19.9. The van der Waals surface area contributed by atoms with Gasteiger partial charge in [-0.3, -0.25) is 14.3 Å². The van der Waals surface area contributed by atoms with Gasteiger partial charge in [0.15, 0.2) is 0 Å².